The number of ether oxygens (including phenoxy) is 2. The molecule has 0 saturated heterocycles. The lowest BCUT2D eigenvalue weighted by Gasteiger charge is -2.10. The summed E-state index contributed by atoms with van der Waals surface area (Å²) in [5.41, 5.74) is 9.53. The van der Waals surface area contributed by atoms with Gasteiger partial charge in [0.1, 0.15) is 0 Å². The van der Waals surface area contributed by atoms with Gasteiger partial charge < -0.3 is 15.2 Å². The van der Waals surface area contributed by atoms with Crippen LogP contribution in [0, 0.1) is 0 Å². The normalized spacial score (nSPS) is 10.7. The second-order valence-corrected chi connectivity index (χ2v) is 7.28. The van der Waals surface area contributed by atoms with E-state index in [1.165, 1.54) is 24.7 Å². The maximum absolute atomic E-state index is 12.3. The van der Waals surface area contributed by atoms with Gasteiger partial charge in [-0.05, 0) is 48.0 Å². The molecule has 1 aromatic heterocycles. The van der Waals surface area contributed by atoms with E-state index in [9.17, 15) is 9.59 Å². The molecule has 2 aromatic carbocycles. The summed E-state index contributed by atoms with van der Waals surface area (Å²) < 4.78 is 10.7. The van der Waals surface area contributed by atoms with E-state index in [2.05, 4.69) is 15.5 Å². The average Bonchev–Trinajstić information content (AvgIpc) is 3.13. The third-order valence-electron chi connectivity index (χ3n) is 3.78. The number of carbonyl (C=O) groups excluding carboxylic acids is 2. The molecule has 0 spiro atoms. The predicted octanol–water partition coefficient (Wildman–Crippen LogP) is 3.30. The van der Waals surface area contributed by atoms with E-state index in [0.29, 0.717) is 32.7 Å². The summed E-state index contributed by atoms with van der Waals surface area (Å²) in [5.74, 6) is -0.274. The number of nitrogens with two attached hydrogens (primary N) is 1. The van der Waals surface area contributed by atoms with E-state index < -0.39 is 5.97 Å². The summed E-state index contributed by atoms with van der Waals surface area (Å²) in [5, 5.41) is 6.56. The monoisotopic (exact) mass is 444 g/mol. The number of methoxy groups -OCH3 is 1. The third-order valence-corrected chi connectivity index (χ3v) is 4.76. The maximum atomic E-state index is 12.3. The summed E-state index contributed by atoms with van der Waals surface area (Å²) in [6.45, 7) is 0. The number of anilines is 1. The van der Waals surface area contributed by atoms with Crippen LogP contribution in [0.5, 0.6) is 11.5 Å². The van der Waals surface area contributed by atoms with Gasteiger partial charge in [0.2, 0.25) is 5.91 Å². The minimum absolute atomic E-state index is 0.0773. The van der Waals surface area contributed by atoms with Crippen molar-refractivity contribution < 1.29 is 19.1 Å². The molecule has 1 heterocycles. The van der Waals surface area contributed by atoms with Gasteiger partial charge in [-0.15, -0.1) is 11.3 Å². The Morgan fingerprint density at radius 3 is 2.67 bits per heavy atom. The van der Waals surface area contributed by atoms with Crippen LogP contribution in [0.3, 0.4) is 0 Å². The lowest BCUT2D eigenvalue weighted by molar-refractivity contribution is -0.120. The number of esters is 1. The van der Waals surface area contributed by atoms with E-state index in [0.717, 1.165) is 0 Å². The number of nitrogens with one attached hydrogen (secondary N) is 1. The van der Waals surface area contributed by atoms with Crippen LogP contribution in [0.25, 0.3) is 0 Å². The number of hydrazone groups is 1. The van der Waals surface area contributed by atoms with Crippen molar-refractivity contribution >= 4 is 46.2 Å². The molecule has 0 radical (unpaired) electrons. The summed E-state index contributed by atoms with van der Waals surface area (Å²) in [6, 6.07) is 11.2. The van der Waals surface area contributed by atoms with Crippen molar-refractivity contribution in [3.8, 4) is 11.5 Å². The molecule has 3 rings (SSSR count). The molecule has 1 amide bonds. The number of thiazole rings is 1. The van der Waals surface area contributed by atoms with Crippen molar-refractivity contribution in [2.24, 2.45) is 5.10 Å². The lowest BCUT2D eigenvalue weighted by Crippen LogP contribution is -2.19. The number of nitrogen functional groups attached to an aromatic ring is 1. The van der Waals surface area contributed by atoms with Gasteiger partial charge in [-0.1, -0.05) is 11.6 Å². The Kier molecular flexibility index (Phi) is 6.99. The van der Waals surface area contributed by atoms with Crippen LogP contribution in [0.4, 0.5) is 5.13 Å². The molecule has 0 bridgehead atoms. The topological polar surface area (TPSA) is 116 Å². The molecule has 0 fully saturated rings. The minimum Gasteiger partial charge on any atom is -0.493 e. The molecule has 0 atom stereocenters. The highest BCUT2D eigenvalue weighted by Gasteiger charge is 2.13. The first-order chi connectivity index (χ1) is 14.4. The molecule has 154 valence electrons. The number of amides is 1. The van der Waals surface area contributed by atoms with E-state index in [4.69, 9.17) is 26.8 Å². The Bertz CT molecular complexity index is 1080. The highest BCUT2D eigenvalue weighted by molar-refractivity contribution is 7.13. The second kappa shape index (κ2) is 9.86. The van der Waals surface area contributed by atoms with Gasteiger partial charge in [-0.2, -0.15) is 5.10 Å². The zero-order valence-electron chi connectivity index (χ0n) is 15.8. The first kappa shape index (κ1) is 21.3. The molecular weight excluding hydrogens is 428 g/mol. The maximum Gasteiger partial charge on any atom is 0.343 e. The number of rotatable bonds is 7. The Morgan fingerprint density at radius 1 is 1.23 bits per heavy atom. The van der Waals surface area contributed by atoms with E-state index in [1.54, 1.807) is 47.8 Å². The Labute approximate surface area is 181 Å². The van der Waals surface area contributed by atoms with E-state index >= 15 is 0 Å². The smallest absolute Gasteiger partial charge is 0.343 e. The van der Waals surface area contributed by atoms with Gasteiger partial charge in [-0.25, -0.2) is 15.2 Å². The van der Waals surface area contributed by atoms with Gasteiger partial charge >= 0.3 is 5.97 Å². The Balaban J connectivity index is 1.61. The SMILES string of the molecule is COc1cc(/C=N/NC(=O)Cc2csc(N)n2)ccc1OC(=O)c1ccc(Cl)cc1. The fourth-order valence-electron chi connectivity index (χ4n) is 2.38. The van der Waals surface area contributed by atoms with Crippen LogP contribution in [-0.2, 0) is 11.2 Å². The van der Waals surface area contributed by atoms with E-state index in [1.807, 2.05) is 0 Å². The predicted molar refractivity (Wildman–Crippen MR) is 115 cm³/mol. The average molecular weight is 445 g/mol. The standard InChI is InChI=1S/C20H17ClN4O4S/c1-28-17-8-12(10-23-25-18(26)9-15-11-30-20(22)24-15)2-7-16(17)29-19(27)13-3-5-14(21)6-4-13/h2-8,10-11H,9H2,1H3,(H2,22,24)(H,25,26)/b23-10+. The van der Waals surface area contributed by atoms with Crippen molar-refractivity contribution in [1.29, 1.82) is 0 Å². The van der Waals surface area contributed by atoms with E-state index in [-0.39, 0.29) is 18.1 Å². The van der Waals surface area contributed by atoms with Crippen molar-refractivity contribution in [2.45, 2.75) is 6.42 Å². The number of carbonyl (C=O) groups is 2. The van der Waals surface area contributed by atoms with Crippen LogP contribution in [-0.4, -0.2) is 30.2 Å². The van der Waals surface area contributed by atoms with Gasteiger partial charge in [0.05, 0.1) is 31.0 Å². The molecule has 0 aliphatic carbocycles. The lowest BCUT2D eigenvalue weighted by atomic mass is 10.2. The number of benzene rings is 2. The van der Waals surface area contributed by atoms with Crippen LogP contribution >= 0.6 is 22.9 Å². The van der Waals surface area contributed by atoms with Crippen LogP contribution < -0.4 is 20.6 Å². The fraction of sp³-hybridized carbons (Fsp3) is 0.100. The summed E-state index contributed by atoms with van der Waals surface area (Å²) in [4.78, 5) is 28.2. The Morgan fingerprint density at radius 2 is 2.00 bits per heavy atom. The van der Waals surface area contributed by atoms with Crippen LogP contribution in [0.15, 0.2) is 52.9 Å². The highest BCUT2D eigenvalue weighted by Crippen LogP contribution is 2.28. The van der Waals surface area contributed by atoms with Crippen LogP contribution in [0.1, 0.15) is 21.6 Å². The van der Waals surface area contributed by atoms with Crippen LogP contribution in [0.2, 0.25) is 5.02 Å². The summed E-state index contributed by atoms with van der Waals surface area (Å²) in [6.07, 6.45) is 1.52. The zero-order valence-corrected chi connectivity index (χ0v) is 17.4. The summed E-state index contributed by atoms with van der Waals surface area (Å²) in [7, 11) is 1.46. The Hall–Kier alpha value is -3.43. The van der Waals surface area contributed by atoms with Gasteiger partial charge in [0.15, 0.2) is 16.6 Å². The first-order valence-electron chi connectivity index (χ1n) is 8.62. The zero-order chi connectivity index (χ0) is 21.5. The molecular formula is C20H17ClN4O4S. The molecule has 0 aliphatic rings. The number of aromatic nitrogens is 1. The fourth-order valence-corrected chi connectivity index (χ4v) is 3.07. The molecule has 3 N–H and O–H groups in total. The molecule has 30 heavy (non-hydrogen) atoms. The quantitative estimate of drug-likeness (QED) is 0.250. The first-order valence-corrected chi connectivity index (χ1v) is 9.88. The van der Waals surface area contributed by atoms with Gasteiger partial charge in [0.25, 0.3) is 0 Å². The molecule has 0 saturated carbocycles. The van der Waals surface area contributed by atoms with Crippen molar-refractivity contribution in [3.05, 3.63) is 69.7 Å². The number of hydrogen-bond donors (Lipinski definition) is 2. The largest absolute Gasteiger partial charge is 0.493 e. The van der Waals surface area contributed by atoms with Crippen molar-refractivity contribution in [3.63, 3.8) is 0 Å². The van der Waals surface area contributed by atoms with Crippen molar-refractivity contribution in [2.75, 3.05) is 12.8 Å². The van der Waals surface area contributed by atoms with Crippen molar-refractivity contribution in [1.82, 2.24) is 10.4 Å². The van der Waals surface area contributed by atoms with Gasteiger partial charge in [-0.3, -0.25) is 4.79 Å². The molecule has 3 aromatic rings. The van der Waals surface area contributed by atoms with Gasteiger partial charge in [0, 0.05) is 10.4 Å². The molecule has 0 aliphatic heterocycles. The number of nitrogens with zero attached hydrogens (tertiary/aromatic N) is 2. The molecule has 8 nitrogen and oxygen atoms in total. The molecule has 10 heteroatoms. The number of hydrogen-bond acceptors (Lipinski definition) is 8. The third kappa shape index (κ3) is 5.79. The molecule has 0 unspecified atom stereocenters. The second-order valence-electron chi connectivity index (χ2n) is 5.95. The number of halogens is 1. The highest BCUT2D eigenvalue weighted by atomic mass is 35.5. The minimum atomic E-state index is -0.540. The summed E-state index contributed by atoms with van der Waals surface area (Å²) >= 11 is 7.09.